The van der Waals surface area contributed by atoms with Gasteiger partial charge in [0.25, 0.3) is 0 Å². The van der Waals surface area contributed by atoms with E-state index in [1.165, 1.54) is 95.5 Å². The zero-order valence-corrected chi connectivity index (χ0v) is 27.4. The summed E-state index contributed by atoms with van der Waals surface area (Å²) in [4.78, 5) is 0. The Balaban J connectivity index is 0.00000152. The molecular weight excluding hydrogens is 575 g/mol. The number of fused-ring (bicyclic) bond motifs is 3. The molecule has 0 aliphatic heterocycles. The molecule has 2 aromatic carbocycles. The maximum absolute atomic E-state index is 3.69. The Hall–Kier alpha value is -0.400. The van der Waals surface area contributed by atoms with Crippen LogP contribution in [0.15, 0.2) is 64.0 Å². The summed E-state index contributed by atoms with van der Waals surface area (Å²) in [7, 11) is 0. The predicted octanol–water partition coefficient (Wildman–Crippen LogP) is 9.09. The summed E-state index contributed by atoms with van der Waals surface area (Å²) in [6.07, 6.45) is 27.7. The Morgan fingerprint density at radius 3 is 1.83 bits per heavy atom. The Bertz CT molecular complexity index is 1170. The molecular formula is C32H44Cl2SiZr. The van der Waals surface area contributed by atoms with Crippen molar-refractivity contribution in [3.63, 3.8) is 0 Å². The van der Waals surface area contributed by atoms with E-state index in [-0.39, 0.29) is 24.8 Å². The van der Waals surface area contributed by atoms with Crippen LogP contribution in [0.2, 0.25) is 7.25 Å². The van der Waals surface area contributed by atoms with Crippen molar-refractivity contribution in [2.75, 3.05) is 0 Å². The van der Waals surface area contributed by atoms with Gasteiger partial charge >= 0.3 is 211 Å². The van der Waals surface area contributed by atoms with Gasteiger partial charge in [0.15, 0.2) is 0 Å². The normalized spacial score (nSPS) is 20.9. The second-order valence-electron chi connectivity index (χ2n) is 12.0. The molecule has 2 saturated carbocycles. The third kappa shape index (κ3) is 4.45. The Labute approximate surface area is 234 Å². The number of benzene rings is 2. The first kappa shape index (κ1) is 28.6. The molecule has 0 spiro atoms. The van der Waals surface area contributed by atoms with Crippen LogP contribution >= 0.6 is 24.8 Å². The fourth-order valence-corrected chi connectivity index (χ4v) is 39.2. The van der Waals surface area contributed by atoms with Gasteiger partial charge in [-0.25, -0.2) is 0 Å². The van der Waals surface area contributed by atoms with E-state index >= 15 is 0 Å². The number of rotatable bonds is 4. The van der Waals surface area contributed by atoms with Crippen molar-refractivity contribution >= 4 is 35.0 Å². The molecule has 4 aliphatic rings. The predicted molar refractivity (Wildman–Crippen MR) is 162 cm³/mol. The SMILES string of the molecule is Cl.Cl.[SiH2]=[Zr]([C]1=CC=CC1)([c]1cccc2c1Cc1ccccc1-2)([CH]1CCCCCC1)[CH]1CCCCCC1. The van der Waals surface area contributed by atoms with Crippen LogP contribution in [0.1, 0.15) is 94.6 Å². The number of hydrogen-bond acceptors (Lipinski definition) is 0. The van der Waals surface area contributed by atoms with Gasteiger partial charge in [0.2, 0.25) is 0 Å². The zero-order chi connectivity index (χ0) is 23.0. The molecule has 0 radical (unpaired) electrons. The molecule has 6 rings (SSSR count). The van der Waals surface area contributed by atoms with E-state index in [1.54, 1.807) is 16.7 Å². The molecule has 0 amide bonds. The summed E-state index contributed by atoms with van der Waals surface area (Å²) < 4.78 is 5.82. The summed E-state index contributed by atoms with van der Waals surface area (Å²) in [5.41, 5.74) is 6.42. The van der Waals surface area contributed by atoms with Crippen molar-refractivity contribution < 1.29 is 17.4 Å². The topological polar surface area (TPSA) is 0 Å². The van der Waals surface area contributed by atoms with Crippen LogP contribution in [0.3, 0.4) is 0 Å². The molecule has 4 aliphatic carbocycles. The van der Waals surface area contributed by atoms with E-state index in [4.69, 9.17) is 0 Å². The maximum atomic E-state index is 2.69. The summed E-state index contributed by atoms with van der Waals surface area (Å²) in [5, 5.41) is 0. The average Bonchev–Trinajstić information content (AvgIpc) is 3.33. The molecule has 4 heteroatoms. The molecule has 0 bridgehead atoms. The van der Waals surface area contributed by atoms with E-state index in [9.17, 15) is 0 Å². The molecule has 0 atom stereocenters. The van der Waals surface area contributed by atoms with E-state index in [0.717, 1.165) is 7.25 Å². The van der Waals surface area contributed by atoms with Crippen molar-refractivity contribution in [2.45, 2.75) is 97.1 Å². The summed E-state index contributed by atoms with van der Waals surface area (Å²) >= 11 is -3.69. The van der Waals surface area contributed by atoms with Crippen LogP contribution in [0.5, 0.6) is 0 Å². The Morgan fingerprint density at radius 1 is 0.667 bits per heavy atom. The van der Waals surface area contributed by atoms with Crippen LogP contribution in [0, 0.1) is 0 Å². The first-order chi connectivity index (χ1) is 16.7. The number of hydrogen-bond donors (Lipinski definition) is 0. The second kappa shape index (κ2) is 11.8. The third-order valence-electron chi connectivity index (χ3n) is 10.6. The van der Waals surface area contributed by atoms with Gasteiger partial charge in [-0.05, 0) is 0 Å². The molecule has 0 heterocycles. The van der Waals surface area contributed by atoms with Crippen molar-refractivity contribution in [2.24, 2.45) is 0 Å². The molecule has 0 unspecified atom stereocenters. The fraction of sp³-hybridized carbons (Fsp3) is 0.500. The average molecular weight is 619 g/mol. The van der Waals surface area contributed by atoms with E-state index < -0.39 is 17.4 Å². The monoisotopic (exact) mass is 616 g/mol. The molecule has 2 fully saturated rings. The van der Waals surface area contributed by atoms with Gasteiger partial charge in [-0.15, -0.1) is 24.8 Å². The molecule has 0 aromatic heterocycles. The van der Waals surface area contributed by atoms with Crippen molar-refractivity contribution in [3.8, 4) is 11.1 Å². The summed E-state index contributed by atoms with van der Waals surface area (Å²) in [6, 6.07) is 16.9. The van der Waals surface area contributed by atoms with Gasteiger partial charge in [0, 0.05) is 0 Å². The van der Waals surface area contributed by atoms with Gasteiger partial charge in [-0.3, -0.25) is 0 Å². The summed E-state index contributed by atoms with van der Waals surface area (Å²) in [5.74, 6) is 0. The van der Waals surface area contributed by atoms with Crippen LogP contribution in [-0.4, -0.2) is 6.88 Å². The number of allylic oxidation sites excluding steroid dienone is 4. The standard InChI is InChI=1S/C13H9.2C7H13.C5H5.2ClH.H2Si.Zr/c1-3-7-12-10(5-1)9-11-6-2-4-8-13(11)12;2*1-2-4-6-7-5-3-1;1-2-4-5-3-1;;;;/h1-5,7-8H,9H2;2*1H,2-7H2;1-3H,4H2;2*1H;1H2;. The molecule has 194 valence electrons. The van der Waals surface area contributed by atoms with Gasteiger partial charge in [0.1, 0.15) is 0 Å². The van der Waals surface area contributed by atoms with Crippen molar-refractivity contribution in [3.05, 3.63) is 75.1 Å². The number of halogens is 2. The van der Waals surface area contributed by atoms with Crippen molar-refractivity contribution in [1.29, 1.82) is 0 Å². The van der Waals surface area contributed by atoms with Gasteiger partial charge in [-0.2, -0.15) is 0 Å². The second-order valence-corrected chi connectivity index (χ2v) is 35.9. The Kier molecular flexibility index (Phi) is 9.35. The van der Waals surface area contributed by atoms with Crippen LogP contribution in [-0.2, 0) is 23.8 Å². The van der Waals surface area contributed by atoms with Crippen molar-refractivity contribution in [1.82, 2.24) is 0 Å². The minimum absolute atomic E-state index is 0. The van der Waals surface area contributed by atoms with Gasteiger partial charge in [-0.1, -0.05) is 0 Å². The first-order valence-corrected chi connectivity index (χ1v) is 25.5. The first-order valence-electron chi connectivity index (χ1n) is 14.3. The fourth-order valence-electron chi connectivity index (χ4n) is 8.94. The van der Waals surface area contributed by atoms with Crippen LogP contribution < -0.4 is 3.27 Å². The zero-order valence-electron chi connectivity index (χ0n) is 21.9. The molecule has 36 heavy (non-hydrogen) atoms. The molecule has 0 saturated heterocycles. The van der Waals surface area contributed by atoms with Gasteiger partial charge in [0.05, 0.1) is 0 Å². The minimum atomic E-state index is -3.69. The molecule has 0 nitrogen and oxygen atoms in total. The van der Waals surface area contributed by atoms with Crippen LogP contribution in [0.25, 0.3) is 11.1 Å². The van der Waals surface area contributed by atoms with E-state index in [0.29, 0.717) is 0 Å². The molecule has 0 N–H and O–H groups in total. The van der Waals surface area contributed by atoms with Crippen LogP contribution in [0.4, 0.5) is 0 Å². The van der Waals surface area contributed by atoms with Gasteiger partial charge < -0.3 is 0 Å². The molecule has 2 aromatic rings. The summed E-state index contributed by atoms with van der Waals surface area (Å²) in [6.45, 7) is 2.69. The van der Waals surface area contributed by atoms with E-state index in [2.05, 4.69) is 67.6 Å². The third-order valence-corrected chi connectivity index (χ3v) is 43.3. The quantitative estimate of drug-likeness (QED) is 0.202. The van der Waals surface area contributed by atoms with E-state index in [1.807, 2.05) is 6.55 Å². The Morgan fingerprint density at radius 2 is 1.25 bits per heavy atom.